The quantitative estimate of drug-likeness (QED) is 0.679. The van der Waals surface area contributed by atoms with Gasteiger partial charge in [-0.05, 0) is 6.42 Å². The number of hydrogen-bond donors (Lipinski definition) is 0. The van der Waals surface area contributed by atoms with Crippen molar-refractivity contribution in [2.45, 2.75) is 17.8 Å². The normalized spacial score (nSPS) is 25.6. The van der Waals surface area contributed by atoms with Crippen LogP contribution < -0.4 is 0 Å². The fraction of sp³-hybridized carbons (Fsp3) is 1.00. The molecule has 0 unspecified atom stereocenters. The maximum Gasteiger partial charge on any atom is 0.394 e. The molecule has 1 aliphatic rings. The van der Waals surface area contributed by atoms with Crippen LogP contribution in [0.4, 0.5) is 13.2 Å². The number of ether oxygens (including phenoxy) is 1. The highest BCUT2D eigenvalue weighted by molar-refractivity contribution is 7.89. The second kappa shape index (κ2) is 6.59. The summed E-state index contributed by atoms with van der Waals surface area (Å²) in [5, 5.41) is -1.43. The summed E-state index contributed by atoms with van der Waals surface area (Å²) in [6.07, 6.45) is -3.93. The van der Waals surface area contributed by atoms with Gasteiger partial charge in [0.1, 0.15) is 5.25 Å². The predicted octanol–water partition coefficient (Wildman–Crippen LogP) is 0.777. The van der Waals surface area contributed by atoms with E-state index in [1.165, 1.54) is 21.2 Å². The largest absolute Gasteiger partial charge is 0.394 e. The molecule has 1 heterocycles. The lowest BCUT2D eigenvalue weighted by Gasteiger charge is -2.24. The van der Waals surface area contributed by atoms with Crippen LogP contribution in [0.2, 0.25) is 0 Å². The maximum absolute atomic E-state index is 13.0. The predicted molar refractivity (Wildman–Crippen MR) is 68.9 cm³/mol. The van der Waals surface area contributed by atoms with E-state index >= 15 is 0 Å². The van der Waals surface area contributed by atoms with E-state index in [1.807, 2.05) is 0 Å². The first kappa shape index (κ1) is 17.7. The van der Waals surface area contributed by atoms with Crippen molar-refractivity contribution in [3.8, 4) is 0 Å². The molecule has 0 aromatic rings. The topological polar surface area (TPSA) is 49.9 Å². The summed E-state index contributed by atoms with van der Waals surface area (Å²) in [6.45, 7) is 0.484. The van der Waals surface area contributed by atoms with Gasteiger partial charge in [0.25, 0.3) is 0 Å². The Balaban J connectivity index is 2.85. The van der Waals surface area contributed by atoms with E-state index in [0.29, 0.717) is 19.6 Å². The van der Waals surface area contributed by atoms with Crippen LogP contribution in [-0.2, 0) is 14.8 Å². The van der Waals surface area contributed by atoms with Gasteiger partial charge in [-0.3, -0.25) is 0 Å². The smallest absolute Gasteiger partial charge is 0.385 e. The van der Waals surface area contributed by atoms with E-state index in [4.69, 9.17) is 4.74 Å². The number of hydrogen-bond acceptors (Lipinski definition) is 4. The van der Waals surface area contributed by atoms with Gasteiger partial charge >= 0.3 is 6.18 Å². The minimum atomic E-state index is -4.51. The minimum absolute atomic E-state index is 0.0889. The lowest BCUT2D eigenvalue weighted by Crippen LogP contribution is -2.43. The van der Waals surface area contributed by atoms with Gasteiger partial charge in [-0.2, -0.15) is 13.2 Å². The van der Waals surface area contributed by atoms with E-state index in [-0.39, 0.29) is 13.1 Å². The first-order valence-corrected chi connectivity index (χ1v) is 7.80. The molecule has 0 N–H and O–H groups in total. The average Bonchev–Trinajstić information content (AvgIpc) is 2.73. The molecule has 20 heavy (non-hydrogen) atoms. The fourth-order valence-electron chi connectivity index (χ4n) is 2.35. The molecule has 5 nitrogen and oxygen atoms in total. The highest BCUT2D eigenvalue weighted by Gasteiger charge is 2.54. The highest BCUT2D eigenvalue weighted by Crippen LogP contribution is 2.37. The van der Waals surface area contributed by atoms with Crippen molar-refractivity contribution in [1.82, 2.24) is 9.21 Å². The van der Waals surface area contributed by atoms with Gasteiger partial charge in [-0.25, -0.2) is 12.7 Å². The maximum atomic E-state index is 13.0. The molecule has 0 aromatic carbocycles. The zero-order chi connectivity index (χ0) is 15.6. The highest BCUT2D eigenvalue weighted by atomic mass is 32.2. The summed E-state index contributed by atoms with van der Waals surface area (Å²) in [7, 11) is 0.104. The van der Waals surface area contributed by atoms with Crippen LogP contribution in [0, 0.1) is 5.92 Å². The SMILES string of the molecule is COCCCN1C[C@@H](C(F)(F)F)[C@H](S(=O)(=O)N(C)C)C1. The van der Waals surface area contributed by atoms with Gasteiger partial charge in [0, 0.05) is 47.4 Å². The molecule has 0 saturated carbocycles. The third-order valence-corrected chi connectivity index (χ3v) is 5.74. The molecule has 1 fully saturated rings. The van der Waals surface area contributed by atoms with Gasteiger partial charge in [-0.15, -0.1) is 0 Å². The molecule has 0 bridgehead atoms. The van der Waals surface area contributed by atoms with Crippen molar-refractivity contribution in [1.29, 1.82) is 0 Å². The number of rotatable bonds is 6. The van der Waals surface area contributed by atoms with Crippen LogP contribution in [-0.4, -0.2) is 76.5 Å². The fourth-order valence-corrected chi connectivity index (χ4v) is 3.95. The Bertz CT molecular complexity index is 412. The summed E-state index contributed by atoms with van der Waals surface area (Å²) >= 11 is 0. The second-order valence-electron chi connectivity index (χ2n) is 5.12. The minimum Gasteiger partial charge on any atom is -0.385 e. The summed E-state index contributed by atoms with van der Waals surface area (Å²) in [5.74, 6) is -1.84. The summed E-state index contributed by atoms with van der Waals surface area (Å²) in [5.41, 5.74) is 0. The molecule has 1 aliphatic heterocycles. The number of likely N-dealkylation sites (tertiary alicyclic amines) is 1. The Morgan fingerprint density at radius 3 is 2.35 bits per heavy atom. The average molecular weight is 318 g/mol. The van der Waals surface area contributed by atoms with Gasteiger partial charge in [-0.1, -0.05) is 0 Å². The lowest BCUT2D eigenvalue weighted by molar-refractivity contribution is -0.169. The zero-order valence-electron chi connectivity index (χ0n) is 11.9. The van der Waals surface area contributed by atoms with Gasteiger partial charge in [0.15, 0.2) is 0 Å². The Morgan fingerprint density at radius 2 is 1.90 bits per heavy atom. The monoisotopic (exact) mass is 318 g/mol. The summed E-state index contributed by atoms with van der Waals surface area (Å²) in [6, 6.07) is 0. The molecule has 2 atom stereocenters. The van der Waals surface area contributed by atoms with E-state index in [0.717, 1.165) is 4.31 Å². The standard InChI is InChI=1S/C11H21F3N2O3S/c1-15(2)20(17,18)10-8-16(5-4-6-19-3)7-9(10)11(12,13)14/h9-10H,4-8H2,1-3H3/t9-,10-/m1/s1. The zero-order valence-corrected chi connectivity index (χ0v) is 12.7. The van der Waals surface area contributed by atoms with Crippen LogP contribution >= 0.6 is 0 Å². The Morgan fingerprint density at radius 1 is 1.30 bits per heavy atom. The Hall–Kier alpha value is -0.380. The Labute approximate surface area is 117 Å². The van der Waals surface area contributed by atoms with E-state index in [9.17, 15) is 21.6 Å². The van der Waals surface area contributed by atoms with E-state index < -0.39 is 27.4 Å². The molecule has 0 aliphatic carbocycles. The molecule has 0 spiro atoms. The van der Waals surface area contributed by atoms with Gasteiger partial charge in [0.05, 0.1) is 5.92 Å². The number of halogens is 3. The van der Waals surface area contributed by atoms with Crippen LogP contribution in [0.1, 0.15) is 6.42 Å². The molecule has 0 amide bonds. The van der Waals surface area contributed by atoms with Crippen molar-refractivity contribution in [2.24, 2.45) is 5.92 Å². The van der Waals surface area contributed by atoms with E-state index in [2.05, 4.69) is 0 Å². The van der Waals surface area contributed by atoms with Crippen LogP contribution in [0.5, 0.6) is 0 Å². The van der Waals surface area contributed by atoms with Crippen LogP contribution in [0.25, 0.3) is 0 Å². The van der Waals surface area contributed by atoms with Crippen LogP contribution in [0.3, 0.4) is 0 Å². The molecule has 9 heteroatoms. The molecule has 0 radical (unpaired) electrons. The van der Waals surface area contributed by atoms with Crippen molar-refractivity contribution < 1.29 is 26.3 Å². The van der Waals surface area contributed by atoms with Crippen molar-refractivity contribution >= 4 is 10.0 Å². The molecular weight excluding hydrogens is 297 g/mol. The lowest BCUT2D eigenvalue weighted by atomic mass is 10.1. The first-order valence-electron chi connectivity index (χ1n) is 6.30. The molecule has 120 valence electrons. The van der Waals surface area contributed by atoms with Crippen molar-refractivity contribution in [3.63, 3.8) is 0 Å². The number of methoxy groups -OCH3 is 1. The summed E-state index contributed by atoms with van der Waals surface area (Å²) < 4.78 is 68.9. The summed E-state index contributed by atoms with van der Waals surface area (Å²) in [4.78, 5) is 1.54. The second-order valence-corrected chi connectivity index (χ2v) is 7.49. The molecule has 1 rings (SSSR count). The third-order valence-electron chi connectivity index (χ3n) is 3.48. The molecular formula is C11H21F3N2O3S. The van der Waals surface area contributed by atoms with Crippen LogP contribution in [0.15, 0.2) is 0 Å². The van der Waals surface area contributed by atoms with Crippen molar-refractivity contribution in [3.05, 3.63) is 0 Å². The molecule has 0 aromatic heterocycles. The number of nitrogens with zero attached hydrogens (tertiary/aromatic N) is 2. The number of sulfonamides is 1. The number of alkyl halides is 3. The Kier molecular flexibility index (Phi) is 5.82. The van der Waals surface area contributed by atoms with Gasteiger partial charge in [0.2, 0.25) is 10.0 Å². The van der Waals surface area contributed by atoms with Gasteiger partial charge < -0.3 is 9.64 Å². The third kappa shape index (κ3) is 4.06. The molecule has 1 saturated heterocycles. The van der Waals surface area contributed by atoms with Crippen molar-refractivity contribution in [2.75, 3.05) is 47.4 Å². The van der Waals surface area contributed by atoms with E-state index in [1.54, 1.807) is 4.90 Å². The first-order chi connectivity index (χ1) is 9.10.